The molecule has 2 N–H and O–H groups in total. The number of nitrogens with one attached hydrogen (secondary N) is 2. The van der Waals surface area contributed by atoms with Gasteiger partial charge in [-0.1, -0.05) is 42.5 Å². The molecule has 154 valence electrons. The van der Waals surface area contributed by atoms with E-state index in [0.29, 0.717) is 16.7 Å². The predicted octanol–water partition coefficient (Wildman–Crippen LogP) is 1.57. The molecule has 2 aromatic carbocycles. The summed E-state index contributed by atoms with van der Waals surface area (Å²) in [5, 5.41) is 5.13. The molecule has 0 aliphatic heterocycles. The van der Waals surface area contributed by atoms with Crippen LogP contribution in [0.5, 0.6) is 0 Å². The van der Waals surface area contributed by atoms with Crippen LogP contribution in [0.4, 0.5) is 0 Å². The largest absolute Gasteiger partial charge is 0.467 e. The van der Waals surface area contributed by atoms with Gasteiger partial charge in [0, 0.05) is 6.42 Å². The molecule has 1 aromatic heterocycles. The van der Waals surface area contributed by atoms with Crippen molar-refractivity contribution >= 4 is 28.8 Å². The van der Waals surface area contributed by atoms with Crippen molar-refractivity contribution in [1.29, 1.82) is 0 Å². The Kier molecular flexibility index (Phi) is 6.69. The van der Waals surface area contributed by atoms with Crippen LogP contribution < -0.4 is 10.6 Å². The van der Waals surface area contributed by atoms with Crippen molar-refractivity contribution < 1.29 is 19.1 Å². The minimum Gasteiger partial charge on any atom is -0.467 e. The smallest absolute Gasteiger partial charge is 0.328 e. The van der Waals surface area contributed by atoms with E-state index in [0.717, 1.165) is 5.56 Å². The number of ether oxygens (including phenoxy) is 1. The van der Waals surface area contributed by atoms with E-state index < -0.39 is 23.8 Å². The highest BCUT2D eigenvalue weighted by atomic mass is 16.5. The zero-order chi connectivity index (χ0) is 21.5. The van der Waals surface area contributed by atoms with E-state index in [9.17, 15) is 14.4 Å². The van der Waals surface area contributed by atoms with Gasteiger partial charge in [-0.25, -0.2) is 14.8 Å². The van der Waals surface area contributed by atoms with Gasteiger partial charge in [0.05, 0.1) is 30.4 Å². The molecular formula is C22H22N4O4. The molecule has 0 saturated carbocycles. The van der Waals surface area contributed by atoms with Crippen LogP contribution in [0.2, 0.25) is 0 Å². The fourth-order valence-corrected chi connectivity index (χ4v) is 2.98. The molecule has 0 aliphatic rings. The van der Waals surface area contributed by atoms with Crippen molar-refractivity contribution in [1.82, 2.24) is 20.6 Å². The Morgan fingerprint density at radius 1 is 0.967 bits per heavy atom. The van der Waals surface area contributed by atoms with E-state index in [-0.39, 0.29) is 18.7 Å². The van der Waals surface area contributed by atoms with Crippen LogP contribution >= 0.6 is 0 Å². The average molecular weight is 406 g/mol. The molecule has 0 radical (unpaired) electrons. The minimum atomic E-state index is -0.857. The van der Waals surface area contributed by atoms with E-state index in [4.69, 9.17) is 4.74 Å². The normalized spacial score (nSPS) is 11.5. The van der Waals surface area contributed by atoms with Gasteiger partial charge in [-0.3, -0.25) is 9.59 Å². The maximum atomic E-state index is 12.5. The van der Waals surface area contributed by atoms with Gasteiger partial charge in [-0.15, -0.1) is 0 Å². The van der Waals surface area contributed by atoms with Crippen molar-refractivity contribution in [3.8, 4) is 0 Å². The molecule has 0 aliphatic carbocycles. The number of para-hydroxylation sites is 2. The van der Waals surface area contributed by atoms with E-state index >= 15 is 0 Å². The lowest BCUT2D eigenvalue weighted by molar-refractivity contribution is -0.144. The number of amides is 2. The Morgan fingerprint density at radius 2 is 1.60 bits per heavy atom. The van der Waals surface area contributed by atoms with Gasteiger partial charge < -0.3 is 15.4 Å². The first-order valence-electron chi connectivity index (χ1n) is 9.40. The van der Waals surface area contributed by atoms with Crippen LogP contribution in [0.15, 0.2) is 54.6 Å². The van der Waals surface area contributed by atoms with Gasteiger partial charge in [0.25, 0.3) is 5.91 Å². The number of carbonyl (C=O) groups is 3. The summed E-state index contributed by atoms with van der Waals surface area (Å²) >= 11 is 0. The van der Waals surface area contributed by atoms with Crippen LogP contribution in [0, 0.1) is 6.92 Å². The molecular weight excluding hydrogens is 384 g/mol. The topological polar surface area (TPSA) is 110 Å². The summed E-state index contributed by atoms with van der Waals surface area (Å²) in [4.78, 5) is 45.6. The lowest BCUT2D eigenvalue weighted by Crippen LogP contribution is -2.47. The predicted molar refractivity (Wildman–Crippen MR) is 111 cm³/mol. The SMILES string of the molecule is COC(=O)C(Cc1ccccc1)NC(=O)CNC(=O)c1nc2ccccc2nc1C. The number of aromatic nitrogens is 2. The minimum absolute atomic E-state index is 0.148. The summed E-state index contributed by atoms with van der Waals surface area (Å²) in [6, 6.07) is 15.6. The standard InChI is InChI=1S/C22H22N4O4/c1-14-20(26-17-11-7-6-10-16(17)24-14)21(28)23-13-19(27)25-18(22(29)30-2)12-15-8-4-3-5-9-15/h3-11,18H,12-13H2,1-2H3,(H,23,28)(H,25,27). The van der Waals surface area contributed by atoms with Crippen LogP contribution in [0.25, 0.3) is 11.0 Å². The van der Waals surface area contributed by atoms with Gasteiger partial charge in [0.1, 0.15) is 11.7 Å². The molecule has 0 spiro atoms. The quantitative estimate of drug-likeness (QED) is 0.577. The number of nitrogens with zero attached hydrogens (tertiary/aromatic N) is 2. The molecule has 8 heteroatoms. The second kappa shape index (κ2) is 9.60. The Bertz CT molecular complexity index is 1070. The van der Waals surface area contributed by atoms with Crippen LogP contribution in [-0.4, -0.2) is 47.4 Å². The number of esters is 1. The Hall–Kier alpha value is -3.81. The summed E-state index contributed by atoms with van der Waals surface area (Å²) in [5.74, 6) is -1.59. The summed E-state index contributed by atoms with van der Waals surface area (Å²) in [5.41, 5.74) is 2.76. The number of hydrogen-bond donors (Lipinski definition) is 2. The van der Waals surface area contributed by atoms with Gasteiger partial charge in [-0.05, 0) is 24.6 Å². The number of carbonyl (C=O) groups excluding carboxylic acids is 3. The Morgan fingerprint density at radius 3 is 2.27 bits per heavy atom. The fourth-order valence-electron chi connectivity index (χ4n) is 2.98. The summed E-state index contributed by atoms with van der Waals surface area (Å²) in [6.07, 6.45) is 0.280. The molecule has 3 rings (SSSR count). The molecule has 1 unspecified atom stereocenters. The number of aryl methyl sites for hydroxylation is 1. The van der Waals surface area contributed by atoms with Crippen molar-refractivity contribution in [3.05, 3.63) is 71.5 Å². The number of methoxy groups -OCH3 is 1. The average Bonchev–Trinajstić information content (AvgIpc) is 2.76. The summed E-state index contributed by atoms with van der Waals surface area (Å²) in [6.45, 7) is 1.37. The first-order valence-corrected chi connectivity index (χ1v) is 9.40. The zero-order valence-electron chi connectivity index (χ0n) is 16.7. The van der Waals surface area contributed by atoms with E-state index in [1.807, 2.05) is 42.5 Å². The summed E-state index contributed by atoms with van der Waals surface area (Å²) < 4.78 is 4.78. The molecule has 2 amide bonds. The van der Waals surface area contributed by atoms with Gasteiger partial charge in [0.2, 0.25) is 5.91 Å². The van der Waals surface area contributed by atoms with Crippen molar-refractivity contribution in [2.75, 3.05) is 13.7 Å². The van der Waals surface area contributed by atoms with Crippen molar-refractivity contribution in [2.24, 2.45) is 0 Å². The van der Waals surface area contributed by atoms with E-state index in [1.165, 1.54) is 7.11 Å². The highest BCUT2D eigenvalue weighted by Gasteiger charge is 2.22. The van der Waals surface area contributed by atoms with Crippen LogP contribution in [-0.2, 0) is 20.7 Å². The van der Waals surface area contributed by atoms with Gasteiger partial charge in [-0.2, -0.15) is 0 Å². The molecule has 0 saturated heterocycles. The first kappa shape index (κ1) is 20.9. The van der Waals surface area contributed by atoms with Crippen molar-refractivity contribution in [3.63, 3.8) is 0 Å². The number of hydrogen-bond acceptors (Lipinski definition) is 6. The monoisotopic (exact) mass is 406 g/mol. The van der Waals surface area contributed by atoms with Gasteiger partial charge in [0.15, 0.2) is 0 Å². The van der Waals surface area contributed by atoms with E-state index in [1.54, 1.807) is 19.1 Å². The second-order valence-corrected chi connectivity index (χ2v) is 6.66. The maximum Gasteiger partial charge on any atom is 0.328 e. The lowest BCUT2D eigenvalue weighted by atomic mass is 10.1. The van der Waals surface area contributed by atoms with Crippen LogP contribution in [0.3, 0.4) is 0 Å². The molecule has 1 heterocycles. The zero-order valence-corrected chi connectivity index (χ0v) is 16.7. The third kappa shape index (κ3) is 5.16. The third-order valence-corrected chi connectivity index (χ3v) is 4.47. The van der Waals surface area contributed by atoms with E-state index in [2.05, 4.69) is 20.6 Å². The Balaban J connectivity index is 1.63. The molecule has 30 heavy (non-hydrogen) atoms. The molecule has 3 aromatic rings. The van der Waals surface area contributed by atoms with Gasteiger partial charge >= 0.3 is 5.97 Å². The number of rotatable bonds is 7. The summed E-state index contributed by atoms with van der Waals surface area (Å²) in [7, 11) is 1.26. The third-order valence-electron chi connectivity index (χ3n) is 4.47. The maximum absolute atomic E-state index is 12.5. The lowest BCUT2D eigenvalue weighted by Gasteiger charge is -2.17. The highest BCUT2D eigenvalue weighted by molar-refractivity contribution is 5.97. The molecule has 0 fully saturated rings. The second-order valence-electron chi connectivity index (χ2n) is 6.66. The number of fused-ring (bicyclic) bond motifs is 1. The molecule has 1 atom stereocenters. The first-order chi connectivity index (χ1) is 14.5. The molecule has 0 bridgehead atoms. The Labute approximate surface area is 173 Å². The molecule has 8 nitrogen and oxygen atoms in total. The fraction of sp³-hybridized carbons (Fsp3) is 0.227. The highest BCUT2D eigenvalue weighted by Crippen LogP contribution is 2.12. The van der Waals surface area contributed by atoms with Crippen LogP contribution in [0.1, 0.15) is 21.7 Å². The number of benzene rings is 2. The van der Waals surface area contributed by atoms with Crippen molar-refractivity contribution in [2.45, 2.75) is 19.4 Å².